The summed E-state index contributed by atoms with van der Waals surface area (Å²) >= 11 is 0. The zero-order chi connectivity index (χ0) is 0. The summed E-state index contributed by atoms with van der Waals surface area (Å²) in [5, 5.41) is 0. The number of rotatable bonds is 0. The third-order valence-electron chi connectivity index (χ3n) is 0. The minimum absolute atomic E-state index is 0. The molecule has 0 bridgehead atoms. The van der Waals surface area contributed by atoms with E-state index in [9.17, 15) is 0 Å². The molecule has 0 aliphatic rings. The normalized spacial score (nSPS) is 0. The summed E-state index contributed by atoms with van der Waals surface area (Å²) in [5.41, 5.74) is 0. The molecule has 0 atom stereocenters. The van der Waals surface area contributed by atoms with Gasteiger partial charge in [-0.05, 0) is 0 Å². The van der Waals surface area contributed by atoms with Crippen LogP contribution in [0.25, 0.3) is 0 Å². The number of hydrogen-bond donors (Lipinski definition) is 0. The minimum Gasteiger partial charge on any atom is 0 e. The van der Waals surface area contributed by atoms with Crippen molar-refractivity contribution in [3.63, 3.8) is 0 Å². The van der Waals surface area contributed by atoms with Gasteiger partial charge in [-0.15, -0.1) is 0 Å². The molecule has 40 valence electrons. The fourth-order valence-electron chi connectivity index (χ4n) is 0. The van der Waals surface area contributed by atoms with Gasteiger partial charge in [0.1, 0.15) is 0 Å². The molecule has 0 spiro atoms. The van der Waals surface area contributed by atoms with Gasteiger partial charge in [-0.3, -0.25) is 0 Å². The van der Waals surface area contributed by atoms with Gasteiger partial charge in [-0.1, -0.05) is 0 Å². The van der Waals surface area contributed by atoms with Crippen molar-refractivity contribution in [2.24, 2.45) is 0 Å². The van der Waals surface area contributed by atoms with Crippen molar-refractivity contribution in [3.05, 3.63) is 0 Å². The second kappa shape index (κ2) is 33.5. The monoisotopic (exact) mass is 792 g/mol. The summed E-state index contributed by atoms with van der Waals surface area (Å²) in [4.78, 5) is 0. The van der Waals surface area contributed by atoms with Crippen LogP contribution in [-0.4, -0.2) is 123 Å². The zero-order valence-corrected chi connectivity index (χ0v) is 17.3. The maximum Gasteiger partial charge on any atom is 0 e. The second-order valence-electron chi connectivity index (χ2n) is 0. The van der Waals surface area contributed by atoms with Gasteiger partial charge in [0.05, 0.1) is 0 Å². The Bertz CT molecular complexity index is 15.5. The van der Waals surface area contributed by atoms with Crippen molar-refractivity contribution in [2.45, 2.75) is 0 Å². The Balaban J connectivity index is 0. The van der Waals surface area contributed by atoms with Gasteiger partial charge in [0.15, 0.2) is 0 Å². The van der Waals surface area contributed by atoms with Gasteiger partial charge < -0.3 is 0 Å². The van der Waals surface area contributed by atoms with Gasteiger partial charge in [-0.25, -0.2) is 0 Å². The van der Waals surface area contributed by atoms with Crippen molar-refractivity contribution in [1.82, 2.24) is 0 Å². The Morgan fingerprint density at radius 1 is 1.00 bits per heavy atom. The van der Waals surface area contributed by atoms with E-state index < -0.39 is 0 Å². The van der Waals surface area contributed by atoms with Gasteiger partial charge in [0, 0.05) is 44.4 Å². The summed E-state index contributed by atoms with van der Waals surface area (Å²) < 4.78 is 0. The summed E-state index contributed by atoms with van der Waals surface area (Å²) in [6, 6.07) is 0. The molecular weight excluding hydrogens is 780 g/mol. The summed E-state index contributed by atoms with van der Waals surface area (Å²) in [6.07, 6.45) is 0. The smallest absolute Gasteiger partial charge is 0 e. The first-order valence-electron chi connectivity index (χ1n) is 0. The van der Waals surface area contributed by atoms with Crippen LogP contribution in [0, 0.1) is 0 Å². The van der Waals surface area contributed by atoms with Crippen LogP contribution in [0.5, 0.6) is 0 Å². The molecule has 0 aromatic heterocycles. The van der Waals surface area contributed by atoms with Crippen molar-refractivity contribution in [1.29, 1.82) is 0 Å². The maximum absolute atomic E-state index is 0. The fraction of sp³-hybridized carbons (Fsp3) is 0. The van der Waals surface area contributed by atoms with Crippen LogP contribution in [0.4, 0.5) is 0 Å². The maximum atomic E-state index is 0. The molecule has 0 fully saturated rings. The molecule has 0 heterocycles. The van der Waals surface area contributed by atoms with E-state index in [1.807, 2.05) is 0 Å². The van der Waals surface area contributed by atoms with E-state index in [4.69, 9.17) is 0 Å². The van der Waals surface area contributed by atoms with E-state index in [-0.39, 0.29) is 140 Å². The molecule has 6 heavy (non-hydrogen) atoms. The molecule has 0 aromatic rings. The fourth-order valence-corrected chi connectivity index (χ4v) is 0. The molecule has 0 saturated carbocycles. The Morgan fingerprint density at radius 3 is 1.00 bits per heavy atom. The first kappa shape index (κ1) is 46.0. The predicted molar refractivity (Wildman–Crippen MR) is 44.1 cm³/mol. The van der Waals surface area contributed by atoms with Crippen molar-refractivity contribution < 1.29 is 17.1 Å². The largest absolute Gasteiger partial charge is 0 e. The minimum atomic E-state index is 0. The Labute approximate surface area is 137 Å². The number of hydrogen-bond acceptors (Lipinski definition) is 0. The average molecular weight is 791 g/mol. The topological polar surface area (TPSA) is 0 Å². The Kier molecular flexibility index (Phi) is 256. The molecule has 0 aromatic carbocycles. The summed E-state index contributed by atoms with van der Waals surface area (Å²) in [6.45, 7) is 0. The van der Waals surface area contributed by atoms with E-state index in [2.05, 4.69) is 0 Å². The molecule has 0 aliphatic carbocycles. The second-order valence-corrected chi connectivity index (χ2v) is 0. The van der Waals surface area contributed by atoms with Gasteiger partial charge in [0.2, 0.25) is 0 Å². The molecule has 0 unspecified atom stereocenters. The molecule has 6 heteroatoms. The van der Waals surface area contributed by atoms with Gasteiger partial charge in [0.25, 0.3) is 0 Å². The average Bonchev–Trinajstić information content (AvgIpc) is 0. The van der Waals surface area contributed by atoms with Crippen LogP contribution < -0.4 is 0 Å². The van der Waals surface area contributed by atoms with Crippen LogP contribution in [0.3, 0.4) is 0 Å². The van der Waals surface area contributed by atoms with Crippen LogP contribution in [-0.2, 0) is 17.1 Å². The van der Waals surface area contributed by atoms with E-state index in [1.165, 1.54) is 0 Å². The van der Waals surface area contributed by atoms with Gasteiger partial charge in [-0.2, -0.15) is 0 Å². The van der Waals surface area contributed by atoms with Crippen LogP contribution in [0.2, 0.25) is 0 Å². The Morgan fingerprint density at radius 2 is 1.00 bits per heavy atom. The molecule has 0 rings (SSSR count). The predicted octanol–water partition coefficient (Wildman–Crippen LogP) is -4.85. The first-order valence-corrected chi connectivity index (χ1v) is 0. The van der Waals surface area contributed by atoms with E-state index >= 15 is 0 Å². The molecule has 4 radical (unpaired) electrons. The third-order valence-corrected chi connectivity index (χ3v) is 0. The van der Waals surface area contributed by atoms with Gasteiger partial charge >= 0.3 is 95.7 Å². The quantitative estimate of drug-likeness (QED) is 0.217. The van der Waals surface area contributed by atoms with E-state index in [0.717, 1.165) is 0 Å². The van der Waals surface area contributed by atoms with Crippen molar-refractivity contribution in [3.8, 4) is 0 Å². The SMILES string of the molecule is [BiH3].[Cu].[GaH3].[InH3].[SnH2].[Tl]. The Hall–Kier alpha value is 4.63. The van der Waals surface area contributed by atoms with Crippen molar-refractivity contribution in [2.75, 3.05) is 0 Å². The molecule has 0 aliphatic heterocycles. The third kappa shape index (κ3) is 23.4. The zero-order valence-electron chi connectivity index (χ0n) is 2.29. The van der Waals surface area contributed by atoms with Crippen LogP contribution >= 0.6 is 0 Å². The standard InChI is InChI=1S/Bi.Cu.Ga.In.Sn.Tl.11H. The molecular formula is H11BiCuGaInSnTl. The van der Waals surface area contributed by atoms with Crippen molar-refractivity contribution >= 4 is 123 Å². The summed E-state index contributed by atoms with van der Waals surface area (Å²) in [7, 11) is 0. The van der Waals surface area contributed by atoms with E-state index in [0.29, 0.717) is 0 Å². The molecule has 0 saturated heterocycles. The first-order chi connectivity index (χ1) is 0. The molecule has 0 amide bonds. The van der Waals surface area contributed by atoms with Crippen LogP contribution in [0.15, 0.2) is 0 Å². The van der Waals surface area contributed by atoms with E-state index in [1.54, 1.807) is 0 Å². The molecule has 0 nitrogen and oxygen atoms in total. The molecule has 0 N–H and O–H groups in total. The summed E-state index contributed by atoms with van der Waals surface area (Å²) in [5.74, 6) is 0. The van der Waals surface area contributed by atoms with Crippen LogP contribution in [0.1, 0.15) is 0 Å².